The van der Waals surface area contributed by atoms with Gasteiger partial charge in [0.15, 0.2) is 17.4 Å². The van der Waals surface area contributed by atoms with E-state index >= 15 is 0 Å². The summed E-state index contributed by atoms with van der Waals surface area (Å²) in [7, 11) is 1.38. The summed E-state index contributed by atoms with van der Waals surface area (Å²) in [6.45, 7) is 0. The number of halogens is 1. The van der Waals surface area contributed by atoms with E-state index in [1.807, 2.05) is 0 Å². The molecule has 2 N–H and O–H groups in total. The van der Waals surface area contributed by atoms with Crippen LogP contribution in [0.5, 0.6) is 5.75 Å². The topological polar surface area (TPSA) is 71.0 Å². The van der Waals surface area contributed by atoms with Crippen molar-refractivity contribution >= 4 is 0 Å². The van der Waals surface area contributed by atoms with E-state index in [0.29, 0.717) is 5.56 Å². The lowest BCUT2D eigenvalue weighted by Gasteiger charge is -2.09. The van der Waals surface area contributed by atoms with Gasteiger partial charge in [0.25, 0.3) is 0 Å². The highest BCUT2D eigenvalue weighted by molar-refractivity contribution is 5.32. The number of hydrogen-bond donors (Lipinski definition) is 2. The molecule has 2 rings (SSSR count). The molecule has 0 amide bonds. The Morgan fingerprint density at radius 3 is 2.88 bits per heavy atom. The van der Waals surface area contributed by atoms with Crippen LogP contribution in [0.1, 0.15) is 17.5 Å². The number of hydrogen-bond acceptors (Lipinski definition) is 4. The van der Waals surface area contributed by atoms with Crippen LogP contribution < -0.4 is 4.74 Å². The summed E-state index contributed by atoms with van der Waals surface area (Å²) in [6, 6.07) is 4.21. The van der Waals surface area contributed by atoms with Crippen LogP contribution in [-0.2, 0) is 0 Å². The van der Waals surface area contributed by atoms with Gasteiger partial charge in [-0.15, -0.1) is 0 Å². The van der Waals surface area contributed by atoms with Crippen molar-refractivity contribution in [3.05, 3.63) is 41.7 Å². The van der Waals surface area contributed by atoms with Crippen molar-refractivity contribution < 1.29 is 14.2 Å². The molecule has 0 fully saturated rings. The fourth-order valence-corrected chi connectivity index (χ4v) is 1.36. The molecule has 1 atom stereocenters. The van der Waals surface area contributed by atoms with Gasteiger partial charge in [-0.25, -0.2) is 9.37 Å². The first-order valence-corrected chi connectivity index (χ1v) is 4.59. The van der Waals surface area contributed by atoms with Crippen LogP contribution in [-0.4, -0.2) is 27.4 Å². The Hall–Kier alpha value is -1.95. The Kier molecular flexibility index (Phi) is 2.82. The van der Waals surface area contributed by atoms with Gasteiger partial charge in [-0.2, -0.15) is 5.10 Å². The second kappa shape index (κ2) is 4.28. The summed E-state index contributed by atoms with van der Waals surface area (Å²) < 4.78 is 18.1. The molecule has 0 saturated carbocycles. The molecule has 5 nitrogen and oxygen atoms in total. The smallest absolute Gasteiger partial charge is 0.165 e. The lowest BCUT2D eigenvalue weighted by atomic mass is 10.1. The molecule has 0 spiro atoms. The van der Waals surface area contributed by atoms with Crippen molar-refractivity contribution in [2.45, 2.75) is 6.10 Å². The van der Waals surface area contributed by atoms with Crippen LogP contribution in [0.2, 0.25) is 0 Å². The first kappa shape index (κ1) is 10.6. The molecule has 84 valence electrons. The van der Waals surface area contributed by atoms with Crippen molar-refractivity contribution in [1.82, 2.24) is 15.2 Å². The van der Waals surface area contributed by atoms with Gasteiger partial charge in [0.2, 0.25) is 0 Å². The normalized spacial score (nSPS) is 12.4. The maximum Gasteiger partial charge on any atom is 0.165 e. The van der Waals surface area contributed by atoms with Gasteiger partial charge in [0.05, 0.1) is 7.11 Å². The number of benzene rings is 1. The van der Waals surface area contributed by atoms with E-state index in [4.69, 9.17) is 4.74 Å². The van der Waals surface area contributed by atoms with Crippen LogP contribution >= 0.6 is 0 Å². The predicted octanol–water partition coefficient (Wildman–Crippen LogP) is 1.03. The zero-order chi connectivity index (χ0) is 11.5. The van der Waals surface area contributed by atoms with Gasteiger partial charge in [-0.1, -0.05) is 6.07 Å². The molecule has 0 aliphatic carbocycles. The fraction of sp³-hybridized carbons (Fsp3) is 0.200. The average Bonchev–Trinajstić information content (AvgIpc) is 2.81. The highest BCUT2D eigenvalue weighted by atomic mass is 19.1. The third kappa shape index (κ3) is 1.87. The summed E-state index contributed by atoms with van der Waals surface area (Å²) in [5.41, 5.74) is 0.384. The first-order valence-electron chi connectivity index (χ1n) is 4.59. The molecule has 1 aromatic carbocycles. The number of aromatic nitrogens is 3. The largest absolute Gasteiger partial charge is 0.494 e. The Bertz CT molecular complexity index is 473. The number of ether oxygens (including phenoxy) is 1. The molecule has 1 unspecified atom stereocenters. The summed E-state index contributed by atoms with van der Waals surface area (Å²) in [5.74, 6) is -0.128. The van der Waals surface area contributed by atoms with Gasteiger partial charge >= 0.3 is 0 Å². The van der Waals surface area contributed by atoms with Gasteiger partial charge in [0, 0.05) is 0 Å². The van der Waals surface area contributed by atoms with Gasteiger partial charge < -0.3 is 9.84 Å². The molecule has 0 aliphatic heterocycles. The maximum atomic E-state index is 13.4. The predicted molar refractivity (Wildman–Crippen MR) is 53.4 cm³/mol. The summed E-state index contributed by atoms with van der Waals surface area (Å²) in [6.07, 6.45) is 0.251. The van der Waals surface area contributed by atoms with Crippen molar-refractivity contribution in [3.63, 3.8) is 0 Å². The Morgan fingerprint density at radius 2 is 2.31 bits per heavy atom. The van der Waals surface area contributed by atoms with Crippen molar-refractivity contribution in [3.8, 4) is 5.75 Å². The van der Waals surface area contributed by atoms with Crippen LogP contribution in [0.25, 0.3) is 0 Å². The number of aliphatic hydroxyl groups is 1. The van der Waals surface area contributed by atoms with E-state index in [1.54, 1.807) is 6.07 Å². The summed E-state index contributed by atoms with van der Waals surface area (Å²) in [5, 5.41) is 16.0. The molecule has 1 aromatic heterocycles. The van der Waals surface area contributed by atoms with Gasteiger partial charge in [-0.05, 0) is 17.7 Å². The number of methoxy groups -OCH3 is 1. The lowest BCUT2D eigenvalue weighted by molar-refractivity contribution is 0.209. The molecule has 1 heterocycles. The Morgan fingerprint density at radius 1 is 1.50 bits per heavy atom. The average molecular weight is 223 g/mol. The van der Waals surface area contributed by atoms with E-state index in [1.165, 1.54) is 25.6 Å². The minimum absolute atomic E-state index is 0.133. The summed E-state index contributed by atoms with van der Waals surface area (Å²) >= 11 is 0. The molecule has 16 heavy (non-hydrogen) atoms. The SMILES string of the molecule is COc1ccc(C(O)c2ncn[nH]2)cc1F. The quantitative estimate of drug-likeness (QED) is 0.815. The number of aromatic amines is 1. The van der Waals surface area contributed by atoms with E-state index in [-0.39, 0.29) is 11.6 Å². The number of nitrogens with one attached hydrogen (secondary N) is 1. The second-order valence-corrected chi connectivity index (χ2v) is 3.17. The molecule has 0 aliphatic rings. The maximum absolute atomic E-state index is 13.4. The van der Waals surface area contributed by atoms with E-state index in [0.717, 1.165) is 0 Å². The molecule has 6 heteroatoms. The number of aliphatic hydroxyl groups excluding tert-OH is 1. The highest BCUT2D eigenvalue weighted by Crippen LogP contribution is 2.24. The van der Waals surface area contributed by atoms with E-state index in [2.05, 4.69) is 15.2 Å². The summed E-state index contributed by atoms with van der Waals surface area (Å²) in [4.78, 5) is 3.79. The standard InChI is InChI=1S/C10H10FN3O2/c1-16-8-3-2-6(4-7(8)11)9(15)10-12-5-13-14-10/h2-5,9,15H,1H3,(H,12,13,14). The molecule has 0 bridgehead atoms. The van der Waals surface area contributed by atoms with Crippen molar-refractivity contribution in [2.75, 3.05) is 7.11 Å². The second-order valence-electron chi connectivity index (χ2n) is 3.17. The zero-order valence-electron chi connectivity index (χ0n) is 8.51. The van der Waals surface area contributed by atoms with Gasteiger partial charge in [-0.3, -0.25) is 5.10 Å². The van der Waals surface area contributed by atoms with Crippen LogP contribution in [0.4, 0.5) is 4.39 Å². The molecule has 0 saturated heterocycles. The lowest BCUT2D eigenvalue weighted by Crippen LogP contribution is -2.03. The highest BCUT2D eigenvalue weighted by Gasteiger charge is 2.15. The zero-order valence-corrected chi connectivity index (χ0v) is 8.51. The molecule has 2 aromatic rings. The first-order chi connectivity index (χ1) is 7.72. The van der Waals surface area contributed by atoms with E-state index in [9.17, 15) is 9.50 Å². The molecular formula is C10H10FN3O2. The fourth-order valence-electron chi connectivity index (χ4n) is 1.36. The number of nitrogens with zero attached hydrogens (tertiary/aromatic N) is 2. The molecule has 0 radical (unpaired) electrons. The third-order valence-electron chi connectivity index (χ3n) is 2.18. The number of H-pyrrole nitrogens is 1. The van der Waals surface area contributed by atoms with Crippen molar-refractivity contribution in [2.24, 2.45) is 0 Å². The minimum Gasteiger partial charge on any atom is -0.494 e. The van der Waals surface area contributed by atoms with Crippen LogP contribution in [0, 0.1) is 5.82 Å². The Balaban J connectivity index is 2.31. The van der Waals surface area contributed by atoms with E-state index < -0.39 is 11.9 Å². The van der Waals surface area contributed by atoms with Gasteiger partial charge in [0.1, 0.15) is 12.4 Å². The van der Waals surface area contributed by atoms with Crippen LogP contribution in [0.15, 0.2) is 24.5 Å². The Labute approximate surface area is 90.9 Å². The third-order valence-corrected chi connectivity index (χ3v) is 2.18. The van der Waals surface area contributed by atoms with Crippen LogP contribution in [0.3, 0.4) is 0 Å². The monoisotopic (exact) mass is 223 g/mol. The molecular weight excluding hydrogens is 213 g/mol. The number of rotatable bonds is 3. The van der Waals surface area contributed by atoms with Crippen molar-refractivity contribution in [1.29, 1.82) is 0 Å². The minimum atomic E-state index is -1.03.